The maximum atomic E-state index is 12.5. The first kappa shape index (κ1) is 16.2. The van der Waals surface area contributed by atoms with Crippen molar-refractivity contribution in [3.05, 3.63) is 77.6 Å². The minimum atomic E-state index is -0.0440. The zero-order valence-electron chi connectivity index (χ0n) is 14.8. The summed E-state index contributed by atoms with van der Waals surface area (Å²) in [6, 6.07) is 19.8. The summed E-state index contributed by atoms with van der Waals surface area (Å²) in [5.41, 5.74) is 5.20. The monoisotopic (exact) mass is 341 g/mol. The van der Waals surface area contributed by atoms with Gasteiger partial charge in [0, 0.05) is 5.69 Å². The Morgan fingerprint density at radius 2 is 1.62 bits per heavy atom. The molecule has 0 unspecified atom stereocenters. The van der Waals surface area contributed by atoms with Crippen molar-refractivity contribution in [2.24, 2.45) is 0 Å². The quantitative estimate of drug-likeness (QED) is 0.593. The highest BCUT2D eigenvalue weighted by atomic mass is 16.1. The summed E-state index contributed by atoms with van der Waals surface area (Å²) < 4.78 is 0. The van der Waals surface area contributed by atoms with Crippen LogP contribution in [0.25, 0.3) is 21.8 Å². The number of rotatable bonds is 3. The molecule has 3 aromatic carbocycles. The molecule has 4 aromatic rings. The molecule has 0 aliphatic rings. The summed E-state index contributed by atoms with van der Waals surface area (Å²) in [5.74, 6) is -0.0440. The van der Waals surface area contributed by atoms with Gasteiger partial charge >= 0.3 is 0 Å². The summed E-state index contributed by atoms with van der Waals surface area (Å²) in [5, 5.41) is 5.23. The van der Waals surface area contributed by atoms with Crippen molar-refractivity contribution < 1.29 is 4.79 Å². The topological polar surface area (TPSA) is 54.9 Å². The Morgan fingerprint density at radius 1 is 0.885 bits per heavy atom. The molecule has 1 amide bonds. The number of carbonyl (C=O) groups excluding carboxylic acids is 1. The van der Waals surface area contributed by atoms with E-state index in [0.29, 0.717) is 6.42 Å². The van der Waals surface area contributed by atoms with Gasteiger partial charge in [0.05, 0.1) is 28.8 Å². The van der Waals surface area contributed by atoms with Gasteiger partial charge in [0.15, 0.2) is 0 Å². The first-order valence-electron chi connectivity index (χ1n) is 8.62. The van der Waals surface area contributed by atoms with Gasteiger partial charge in [0.1, 0.15) is 0 Å². The number of nitrogens with one attached hydrogen (secondary N) is 1. The molecule has 0 fully saturated rings. The highest BCUT2D eigenvalue weighted by Crippen LogP contribution is 2.21. The van der Waals surface area contributed by atoms with Crippen molar-refractivity contribution >= 4 is 33.4 Å². The zero-order chi connectivity index (χ0) is 18.1. The van der Waals surface area contributed by atoms with Crippen LogP contribution in [0.15, 0.2) is 60.7 Å². The fourth-order valence-corrected chi connectivity index (χ4v) is 3.13. The van der Waals surface area contributed by atoms with Crippen molar-refractivity contribution in [1.29, 1.82) is 0 Å². The van der Waals surface area contributed by atoms with Gasteiger partial charge in [-0.1, -0.05) is 42.5 Å². The Balaban J connectivity index is 1.58. The van der Waals surface area contributed by atoms with Crippen LogP contribution in [0.5, 0.6) is 0 Å². The predicted molar refractivity (Wildman–Crippen MR) is 105 cm³/mol. The molecule has 1 N–H and O–H groups in total. The van der Waals surface area contributed by atoms with Crippen LogP contribution in [-0.2, 0) is 11.2 Å². The first-order chi connectivity index (χ1) is 12.6. The van der Waals surface area contributed by atoms with Crippen molar-refractivity contribution in [3.8, 4) is 0 Å². The number of benzene rings is 3. The molecule has 0 radical (unpaired) electrons. The number of amides is 1. The molecule has 0 atom stereocenters. The van der Waals surface area contributed by atoms with Crippen molar-refractivity contribution in [2.45, 2.75) is 20.3 Å². The molecule has 1 aromatic heterocycles. The molecule has 0 spiro atoms. The van der Waals surface area contributed by atoms with Crippen molar-refractivity contribution in [1.82, 2.24) is 9.97 Å². The second-order valence-corrected chi connectivity index (χ2v) is 6.46. The SMILES string of the molecule is Cc1nc2ccc(NC(=O)Cc3cccc4ccccc34)cc2nc1C. The predicted octanol–water partition coefficient (Wildman–Crippen LogP) is 4.58. The molecule has 4 rings (SSSR count). The van der Waals surface area contributed by atoms with Crippen LogP contribution in [0.3, 0.4) is 0 Å². The molecule has 0 saturated heterocycles. The lowest BCUT2D eigenvalue weighted by Crippen LogP contribution is -2.14. The summed E-state index contributed by atoms with van der Waals surface area (Å²) in [7, 11) is 0. The summed E-state index contributed by atoms with van der Waals surface area (Å²) >= 11 is 0. The van der Waals surface area contributed by atoms with E-state index in [1.807, 2.05) is 56.3 Å². The van der Waals surface area contributed by atoms with Gasteiger partial charge in [0.2, 0.25) is 5.91 Å². The number of fused-ring (bicyclic) bond motifs is 2. The van der Waals surface area contributed by atoms with Gasteiger partial charge in [-0.05, 0) is 48.4 Å². The third kappa shape index (κ3) is 3.14. The number of hydrogen-bond acceptors (Lipinski definition) is 3. The molecule has 0 aliphatic heterocycles. The number of nitrogens with zero attached hydrogens (tertiary/aromatic N) is 2. The number of aryl methyl sites for hydroxylation is 2. The largest absolute Gasteiger partial charge is 0.326 e. The maximum absolute atomic E-state index is 12.5. The average Bonchev–Trinajstić information content (AvgIpc) is 2.63. The van der Waals surface area contributed by atoms with Gasteiger partial charge in [-0.25, -0.2) is 9.97 Å². The van der Waals surface area contributed by atoms with Gasteiger partial charge in [0.25, 0.3) is 0 Å². The van der Waals surface area contributed by atoms with Crippen LogP contribution in [0.4, 0.5) is 5.69 Å². The minimum Gasteiger partial charge on any atom is -0.326 e. The van der Waals surface area contributed by atoms with Gasteiger partial charge in [-0.2, -0.15) is 0 Å². The van der Waals surface area contributed by atoms with E-state index in [0.717, 1.165) is 44.4 Å². The maximum Gasteiger partial charge on any atom is 0.228 e. The summed E-state index contributed by atoms with van der Waals surface area (Å²) in [4.78, 5) is 21.6. The molecule has 128 valence electrons. The molecule has 4 nitrogen and oxygen atoms in total. The summed E-state index contributed by atoms with van der Waals surface area (Å²) in [6.45, 7) is 3.88. The third-order valence-corrected chi connectivity index (χ3v) is 4.59. The van der Waals surface area contributed by atoms with E-state index in [9.17, 15) is 4.79 Å². The number of anilines is 1. The number of carbonyl (C=O) groups is 1. The number of hydrogen-bond donors (Lipinski definition) is 1. The lowest BCUT2D eigenvalue weighted by atomic mass is 10.0. The van der Waals surface area contributed by atoms with E-state index in [2.05, 4.69) is 33.5 Å². The first-order valence-corrected chi connectivity index (χ1v) is 8.62. The van der Waals surface area contributed by atoms with E-state index in [-0.39, 0.29) is 5.91 Å². The molecular weight excluding hydrogens is 322 g/mol. The standard InChI is InChI=1S/C22H19N3O/c1-14-15(2)24-21-13-18(10-11-20(21)23-14)25-22(26)12-17-8-5-7-16-6-3-4-9-19(16)17/h3-11,13H,12H2,1-2H3,(H,25,26). The van der Waals surface area contributed by atoms with Crippen LogP contribution < -0.4 is 5.32 Å². The lowest BCUT2D eigenvalue weighted by molar-refractivity contribution is -0.115. The fourth-order valence-electron chi connectivity index (χ4n) is 3.13. The van der Waals surface area contributed by atoms with Gasteiger partial charge in [-0.3, -0.25) is 4.79 Å². The molecule has 0 saturated carbocycles. The Bertz CT molecular complexity index is 1130. The highest BCUT2D eigenvalue weighted by Gasteiger charge is 2.09. The summed E-state index contributed by atoms with van der Waals surface area (Å²) in [6.07, 6.45) is 0.331. The molecule has 0 bridgehead atoms. The van der Waals surface area contributed by atoms with E-state index in [4.69, 9.17) is 0 Å². The second-order valence-electron chi connectivity index (χ2n) is 6.46. The van der Waals surface area contributed by atoms with Gasteiger partial charge in [-0.15, -0.1) is 0 Å². The Labute approximate surface area is 151 Å². The van der Waals surface area contributed by atoms with Gasteiger partial charge < -0.3 is 5.32 Å². The molecule has 0 aliphatic carbocycles. The molecule has 26 heavy (non-hydrogen) atoms. The minimum absolute atomic E-state index is 0.0440. The third-order valence-electron chi connectivity index (χ3n) is 4.59. The smallest absolute Gasteiger partial charge is 0.228 e. The average molecular weight is 341 g/mol. The fraction of sp³-hybridized carbons (Fsp3) is 0.136. The normalized spacial score (nSPS) is 11.0. The Kier molecular flexibility index (Phi) is 4.09. The zero-order valence-corrected chi connectivity index (χ0v) is 14.8. The van der Waals surface area contributed by atoms with Crippen LogP contribution in [0.1, 0.15) is 17.0 Å². The van der Waals surface area contributed by atoms with Crippen molar-refractivity contribution in [2.75, 3.05) is 5.32 Å². The molecule has 1 heterocycles. The number of aromatic nitrogens is 2. The Hall–Kier alpha value is -3.27. The lowest BCUT2D eigenvalue weighted by Gasteiger charge is -2.09. The molecule has 4 heteroatoms. The second kappa shape index (κ2) is 6.56. The van der Waals surface area contributed by atoms with E-state index >= 15 is 0 Å². The van der Waals surface area contributed by atoms with Crippen LogP contribution in [0, 0.1) is 13.8 Å². The van der Waals surface area contributed by atoms with Crippen molar-refractivity contribution in [3.63, 3.8) is 0 Å². The van der Waals surface area contributed by atoms with Crippen LogP contribution >= 0.6 is 0 Å². The van der Waals surface area contributed by atoms with Crippen LogP contribution in [-0.4, -0.2) is 15.9 Å². The van der Waals surface area contributed by atoms with E-state index in [1.165, 1.54) is 0 Å². The Morgan fingerprint density at radius 3 is 2.46 bits per heavy atom. The van der Waals surface area contributed by atoms with Crippen LogP contribution in [0.2, 0.25) is 0 Å². The highest BCUT2D eigenvalue weighted by molar-refractivity contribution is 5.97. The molecular formula is C22H19N3O. The van der Waals surface area contributed by atoms with E-state index in [1.54, 1.807) is 0 Å². The van der Waals surface area contributed by atoms with E-state index < -0.39 is 0 Å².